The highest BCUT2D eigenvalue weighted by Gasteiger charge is 2.17. The predicted molar refractivity (Wildman–Crippen MR) is 83.9 cm³/mol. The molecule has 120 valence electrons. The van der Waals surface area contributed by atoms with Gasteiger partial charge < -0.3 is 0 Å². The molecular formula is C13H22N2O4S2. The highest BCUT2D eigenvalue weighted by atomic mass is 32.2. The van der Waals surface area contributed by atoms with E-state index in [1.165, 1.54) is 11.2 Å². The molecule has 0 saturated carbocycles. The minimum absolute atomic E-state index is 0.0241. The molecule has 0 aliphatic heterocycles. The molecule has 0 aliphatic rings. The molecule has 0 heterocycles. The summed E-state index contributed by atoms with van der Waals surface area (Å²) in [5.41, 5.74) is 1.92. The van der Waals surface area contributed by atoms with Crippen LogP contribution in [0.1, 0.15) is 18.1 Å². The van der Waals surface area contributed by atoms with E-state index in [-0.39, 0.29) is 25.4 Å². The zero-order valence-electron chi connectivity index (χ0n) is 12.5. The van der Waals surface area contributed by atoms with Gasteiger partial charge in [0.25, 0.3) is 0 Å². The average Bonchev–Trinajstić information content (AvgIpc) is 2.36. The van der Waals surface area contributed by atoms with Gasteiger partial charge >= 0.3 is 0 Å². The Kier molecular flexibility index (Phi) is 6.33. The fourth-order valence-corrected chi connectivity index (χ4v) is 3.22. The smallest absolute Gasteiger partial charge is 0.211 e. The molecule has 8 heteroatoms. The Morgan fingerprint density at radius 1 is 1.19 bits per heavy atom. The van der Waals surface area contributed by atoms with Crippen LogP contribution in [0.15, 0.2) is 24.3 Å². The lowest BCUT2D eigenvalue weighted by Crippen LogP contribution is -2.38. The Morgan fingerprint density at radius 3 is 2.38 bits per heavy atom. The lowest BCUT2D eigenvalue weighted by molar-refractivity contribution is 0.412. The van der Waals surface area contributed by atoms with Gasteiger partial charge in [-0.25, -0.2) is 21.6 Å². The zero-order chi connectivity index (χ0) is 16.1. The standard InChI is InChI=1S/C13H22N2O4S2/c1-4-21(18,19)14-8-9-15(20(3,16)17)11-13-7-5-6-12(2)10-13/h5-7,10,14H,4,8-9,11H2,1-3H3. The van der Waals surface area contributed by atoms with Gasteiger partial charge in [0.05, 0.1) is 12.0 Å². The molecule has 0 amide bonds. The highest BCUT2D eigenvalue weighted by molar-refractivity contribution is 7.89. The number of nitrogens with one attached hydrogen (secondary N) is 1. The van der Waals surface area contributed by atoms with Crippen LogP contribution in [-0.2, 0) is 26.6 Å². The third-order valence-corrected chi connectivity index (χ3v) is 5.63. The third-order valence-electron chi connectivity index (χ3n) is 2.97. The van der Waals surface area contributed by atoms with Crippen LogP contribution in [0.5, 0.6) is 0 Å². The number of hydrogen-bond donors (Lipinski definition) is 1. The summed E-state index contributed by atoms with van der Waals surface area (Å²) in [7, 11) is -6.71. The molecule has 0 saturated heterocycles. The van der Waals surface area contributed by atoms with Crippen molar-refractivity contribution in [2.45, 2.75) is 20.4 Å². The Labute approximate surface area is 127 Å². The van der Waals surface area contributed by atoms with E-state index in [2.05, 4.69) is 4.72 Å². The molecule has 1 aromatic rings. The SMILES string of the molecule is CCS(=O)(=O)NCCN(Cc1cccc(C)c1)S(C)(=O)=O. The summed E-state index contributed by atoms with van der Waals surface area (Å²) in [6.45, 7) is 3.86. The second-order valence-corrected chi connectivity index (χ2v) is 8.96. The van der Waals surface area contributed by atoms with Crippen LogP contribution in [0.25, 0.3) is 0 Å². The third kappa shape index (κ3) is 6.56. The van der Waals surface area contributed by atoms with Crippen molar-refractivity contribution >= 4 is 20.0 Å². The van der Waals surface area contributed by atoms with Crippen molar-refractivity contribution in [3.63, 3.8) is 0 Å². The van der Waals surface area contributed by atoms with Gasteiger partial charge in [-0.05, 0) is 19.4 Å². The van der Waals surface area contributed by atoms with Gasteiger partial charge in [-0.2, -0.15) is 4.31 Å². The maximum absolute atomic E-state index is 11.8. The Balaban J connectivity index is 2.74. The Hall–Kier alpha value is -0.960. The Bertz CT molecular complexity index is 669. The van der Waals surface area contributed by atoms with E-state index in [0.717, 1.165) is 17.4 Å². The second-order valence-electron chi connectivity index (χ2n) is 4.88. The molecule has 1 N–H and O–H groups in total. The molecule has 0 aromatic heterocycles. The summed E-state index contributed by atoms with van der Waals surface area (Å²) in [4.78, 5) is 0. The molecule has 6 nitrogen and oxygen atoms in total. The summed E-state index contributed by atoms with van der Waals surface area (Å²) in [6, 6.07) is 7.56. The normalized spacial score (nSPS) is 12.8. The lowest BCUT2D eigenvalue weighted by Gasteiger charge is -2.20. The van der Waals surface area contributed by atoms with Crippen LogP contribution in [0.3, 0.4) is 0 Å². The first kappa shape index (κ1) is 18.1. The first-order chi connectivity index (χ1) is 9.64. The van der Waals surface area contributed by atoms with Gasteiger partial charge in [-0.15, -0.1) is 0 Å². The number of hydrogen-bond acceptors (Lipinski definition) is 4. The first-order valence-electron chi connectivity index (χ1n) is 6.62. The monoisotopic (exact) mass is 334 g/mol. The van der Waals surface area contributed by atoms with Crippen molar-refractivity contribution in [2.75, 3.05) is 25.1 Å². The van der Waals surface area contributed by atoms with E-state index in [4.69, 9.17) is 0 Å². The largest absolute Gasteiger partial charge is 0.214 e. The van der Waals surface area contributed by atoms with E-state index in [0.29, 0.717) is 0 Å². The molecular weight excluding hydrogens is 312 g/mol. The van der Waals surface area contributed by atoms with Crippen molar-refractivity contribution in [1.29, 1.82) is 0 Å². The fourth-order valence-electron chi connectivity index (χ4n) is 1.80. The molecule has 0 radical (unpaired) electrons. The van der Waals surface area contributed by atoms with Gasteiger partial charge in [0.15, 0.2) is 0 Å². The van der Waals surface area contributed by atoms with Crippen molar-refractivity contribution in [3.8, 4) is 0 Å². The summed E-state index contributed by atoms with van der Waals surface area (Å²) < 4.78 is 49.9. The molecule has 0 bridgehead atoms. The quantitative estimate of drug-likeness (QED) is 0.758. The molecule has 0 spiro atoms. The summed E-state index contributed by atoms with van der Waals surface area (Å²) in [6.07, 6.45) is 1.12. The number of rotatable bonds is 8. The van der Waals surface area contributed by atoms with Gasteiger partial charge in [0.1, 0.15) is 0 Å². The zero-order valence-corrected chi connectivity index (χ0v) is 14.2. The molecule has 21 heavy (non-hydrogen) atoms. The summed E-state index contributed by atoms with van der Waals surface area (Å²) >= 11 is 0. The molecule has 1 rings (SSSR count). The number of aryl methyl sites for hydroxylation is 1. The molecule has 0 aliphatic carbocycles. The van der Waals surface area contributed by atoms with Crippen LogP contribution in [0.2, 0.25) is 0 Å². The van der Waals surface area contributed by atoms with Crippen LogP contribution in [-0.4, -0.2) is 46.2 Å². The minimum Gasteiger partial charge on any atom is -0.214 e. The maximum atomic E-state index is 11.8. The predicted octanol–water partition coefficient (Wildman–Crippen LogP) is 0.696. The van der Waals surface area contributed by atoms with E-state index < -0.39 is 20.0 Å². The lowest BCUT2D eigenvalue weighted by atomic mass is 10.1. The van der Waals surface area contributed by atoms with Gasteiger partial charge in [0.2, 0.25) is 20.0 Å². The van der Waals surface area contributed by atoms with Gasteiger partial charge in [0, 0.05) is 19.6 Å². The Morgan fingerprint density at radius 2 is 1.86 bits per heavy atom. The van der Waals surface area contributed by atoms with Crippen molar-refractivity contribution in [3.05, 3.63) is 35.4 Å². The van der Waals surface area contributed by atoms with Crippen LogP contribution in [0.4, 0.5) is 0 Å². The molecule has 0 atom stereocenters. The van der Waals surface area contributed by atoms with E-state index in [1.54, 1.807) is 0 Å². The maximum Gasteiger partial charge on any atom is 0.211 e. The van der Waals surface area contributed by atoms with Gasteiger partial charge in [-0.3, -0.25) is 0 Å². The molecule has 0 unspecified atom stereocenters. The first-order valence-corrected chi connectivity index (χ1v) is 10.1. The van der Waals surface area contributed by atoms with Crippen LogP contribution in [0, 0.1) is 6.92 Å². The van der Waals surface area contributed by atoms with Crippen molar-refractivity contribution in [1.82, 2.24) is 9.03 Å². The number of benzene rings is 1. The topological polar surface area (TPSA) is 83.6 Å². The number of sulfonamides is 2. The summed E-state index contributed by atoms with van der Waals surface area (Å²) in [5, 5.41) is 0. The summed E-state index contributed by atoms with van der Waals surface area (Å²) in [5.74, 6) is -0.0241. The average molecular weight is 334 g/mol. The highest BCUT2D eigenvalue weighted by Crippen LogP contribution is 2.10. The number of nitrogens with zero attached hydrogens (tertiary/aromatic N) is 1. The van der Waals surface area contributed by atoms with Crippen LogP contribution < -0.4 is 4.72 Å². The van der Waals surface area contributed by atoms with Gasteiger partial charge in [-0.1, -0.05) is 29.8 Å². The second kappa shape index (κ2) is 7.35. The van der Waals surface area contributed by atoms with Crippen molar-refractivity contribution in [2.24, 2.45) is 0 Å². The fraction of sp³-hybridized carbons (Fsp3) is 0.538. The van der Waals surface area contributed by atoms with Crippen molar-refractivity contribution < 1.29 is 16.8 Å². The van der Waals surface area contributed by atoms with E-state index in [1.807, 2.05) is 31.2 Å². The van der Waals surface area contributed by atoms with Crippen LogP contribution >= 0.6 is 0 Å². The van der Waals surface area contributed by atoms with E-state index >= 15 is 0 Å². The minimum atomic E-state index is -3.40. The molecule has 1 aromatic carbocycles. The van der Waals surface area contributed by atoms with E-state index in [9.17, 15) is 16.8 Å². The molecule has 0 fully saturated rings.